The molecule has 0 N–H and O–H groups in total. The molecule has 3 aromatic rings. The summed E-state index contributed by atoms with van der Waals surface area (Å²) in [5.41, 5.74) is 3.98. The predicted molar refractivity (Wildman–Crippen MR) is 86.7 cm³/mol. The van der Waals surface area contributed by atoms with Gasteiger partial charge in [0.05, 0.1) is 0 Å². The lowest BCUT2D eigenvalue weighted by atomic mass is 10.1. The lowest BCUT2D eigenvalue weighted by Gasteiger charge is -2.10. The predicted octanol–water partition coefficient (Wildman–Crippen LogP) is 5.30. The molecule has 0 aliphatic rings. The molecule has 0 amide bonds. The molecule has 97 valence electrons. The van der Waals surface area contributed by atoms with E-state index in [-0.39, 0.29) is 0 Å². The highest BCUT2D eigenvalue weighted by molar-refractivity contribution is 9.08. The minimum Gasteiger partial charge on any atom is -0.340 e. The fraction of sp³-hybridized carbons (Fsp3) is 0.235. The number of hydrogen-bond acceptors (Lipinski definition) is 0. The van der Waals surface area contributed by atoms with Gasteiger partial charge in [-0.2, -0.15) is 0 Å². The Morgan fingerprint density at radius 2 is 1.74 bits per heavy atom. The molecule has 3 rings (SSSR count). The van der Waals surface area contributed by atoms with Crippen LogP contribution in [0.2, 0.25) is 0 Å². The highest BCUT2D eigenvalue weighted by Crippen LogP contribution is 2.30. The third kappa shape index (κ3) is 2.18. The van der Waals surface area contributed by atoms with E-state index >= 15 is 0 Å². The van der Waals surface area contributed by atoms with Crippen LogP contribution < -0.4 is 0 Å². The van der Waals surface area contributed by atoms with Crippen LogP contribution in [0, 0.1) is 5.92 Å². The van der Waals surface area contributed by atoms with E-state index in [0.717, 1.165) is 11.9 Å². The number of para-hydroxylation sites is 1. The van der Waals surface area contributed by atoms with E-state index in [1.165, 1.54) is 33.3 Å². The van der Waals surface area contributed by atoms with Crippen molar-refractivity contribution in [3.63, 3.8) is 0 Å². The number of alkyl halides is 1. The van der Waals surface area contributed by atoms with Crippen molar-refractivity contribution in [1.82, 2.24) is 4.57 Å². The van der Waals surface area contributed by atoms with Crippen LogP contribution in [0.3, 0.4) is 0 Å². The summed E-state index contributed by atoms with van der Waals surface area (Å²) in [4.78, 5) is 0. The molecule has 19 heavy (non-hydrogen) atoms. The number of nitrogens with zero attached hydrogens (tertiary/aromatic N) is 1. The summed E-state index contributed by atoms with van der Waals surface area (Å²) >= 11 is 3.55. The zero-order chi connectivity index (χ0) is 13.4. The summed E-state index contributed by atoms with van der Waals surface area (Å²) in [5, 5.41) is 3.60. The molecule has 0 atom stereocenters. The van der Waals surface area contributed by atoms with E-state index in [1.807, 2.05) is 0 Å². The average Bonchev–Trinajstić information content (AvgIpc) is 2.72. The standard InChI is InChI=1S/C17H17BrN/c1-12(2)11-19-16-6-4-3-5-14(16)15-8-7-13(10-18)9-17(15)19/h3-9H,10-11H2,1-2H3. The van der Waals surface area contributed by atoms with Crippen LogP contribution in [0.5, 0.6) is 0 Å². The summed E-state index contributed by atoms with van der Waals surface area (Å²) < 4.78 is 2.42. The van der Waals surface area contributed by atoms with Crippen molar-refractivity contribution >= 4 is 37.7 Å². The summed E-state index contributed by atoms with van der Waals surface area (Å²) in [6.07, 6.45) is 0. The number of fused-ring (bicyclic) bond motifs is 3. The topological polar surface area (TPSA) is 4.93 Å². The molecule has 0 fully saturated rings. The number of rotatable bonds is 3. The normalized spacial score (nSPS) is 11.8. The number of benzene rings is 2. The Morgan fingerprint density at radius 3 is 2.47 bits per heavy atom. The van der Waals surface area contributed by atoms with E-state index in [9.17, 15) is 0 Å². The van der Waals surface area contributed by atoms with Gasteiger partial charge in [0.25, 0.3) is 0 Å². The Kier molecular flexibility index (Phi) is 3.36. The van der Waals surface area contributed by atoms with E-state index in [4.69, 9.17) is 0 Å². The lowest BCUT2D eigenvalue weighted by molar-refractivity contribution is 0.759. The van der Waals surface area contributed by atoms with Crippen LogP contribution in [-0.2, 0) is 11.9 Å². The van der Waals surface area contributed by atoms with Gasteiger partial charge in [-0.3, -0.25) is 0 Å². The van der Waals surface area contributed by atoms with Crippen molar-refractivity contribution in [3.05, 3.63) is 53.9 Å². The maximum absolute atomic E-state index is 3.55. The first kappa shape index (κ1) is 12.7. The zero-order valence-electron chi connectivity index (χ0n) is 11.3. The summed E-state index contributed by atoms with van der Waals surface area (Å²) in [6, 6.07) is 15.4. The highest BCUT2D eigenvalue weighted by Gasteiger charge is 2.11. The van der Waals surface area contributed by atoms with Crippen LogP contribution in [0.1, 0.15) is 19.4 Å². The smallest absolute Gasteiger partial charge is 0.0494 e. The number of halogens is 1. The molecule has 0 spiro atoms. The Labute approximate surface area is 122 Å². The van der Waals surface area contributed by atoms with Crippen molar-refractivity contribution in [1.29, 1.82) is 0 Å². The minimum absolute atomic E-state index is 0.902. The molecule has 2 heteroatoms. The maximum atomic E-state index is 3.55. The van der Waals surface area contributed by atoms with Gasteiger partial charge >= 0.3 is 0 Å². The highest BCUT2D eigenvalue weighted by atomic mass is 79.9. The molecule has 0 saturated heterocycles. The molecule has 1 aromatic heterocycles. The van der Waals surface area contributed by atoms with Gasteiger partial charge < -0.3 is 4.57 Å². The van der Waals surface area contributed by atoms with Gasteiger partial charge in [0.15, 0.2) is 0 Å². The van der Waals surface area contributed by atoms with E-state index in [1.54, 1.807) is 0 Å². The molecule has 0 bridgehead atoms. The van der Waals surface area contributed by atoms with Gasteiger partial charge in [0, 0.05) is 33.7 Å². The van der Waals surface area contributed by atoms with Gasteiger partial charge in [-0.05, 0) is 23.6 Å². The number of hydrogen-bond donors (Lipinski definition) is 0. The minimum atomic E-state index is 0.902. The molecule has 0 unspecified atom stereocenters. The molecular formula is C17H17BrN. The molecular weight excluding hydrogens is 298 g/mol. The van der Waals surface area contributed by atoms with Gasteiger partial charge in [-0.25, -0.2) is 0 Å². The third-order valence-corrected chi connectivity index (χ3v) is 4.11. The first-order valence-electron chi connectivity index (χ1n) is 6.55. The molecule has 0 saturated carbocycles. The SMILES string of the molecule is C[C](C)Cn1c2ccccc2c2ccc(CBr)cc21. The monoisotopic (exact) mass is 314 g/mol. The lowest BCUT2D eigenvalue weighted by Crippen LogP contribution is -2.02. The summed E-state index contributed by atoms with van der Waals surface area (Å²) in [6.45, 7) is 5.36. The first-order valence-corrected chi connectivity index (χ1v) is 7.67. The maximum Gasteiger partial charge on any atom is 0.0494 e. The summed E-state index contributed by atoms with van der Waals surface area (Å²) in [7, 11) is 0. The van der Waals surface area contributed by atoms with Crippen LogP contribution in [-0.4, -0.2) is 4.57 Å². The molecule has 1 heterocycles. The zero-order valence-corrected chi connectivity index (χ0v) is 12.9. The van der Waals surface area contributed by atoms with Crippen molar-refractivity contribution in [2.24, 2.45) is 0 Å². The Morgan fingerprint density at radius 1 is 1.00 bits per heavy atom. The van der Waals surface area contributed by atoms with Crippen molar-refractivity contribution in [3.8, 4) is 0 Å². The fourth-order valence-electron chi connectivity index (χ4n) is 2.66. The number of aromatic nitrogens is 1. The second-order valence-corrected chi connectivity index (χ2v) is 5.86. The van der Waals surface area contributed by atoms with Gasteiger partial charge in [-0.1, -0.05) is 60.1 Å². The second-order valence-electron chi connectivity index (χ2n) is 5.30. The Hall–Kier alpha value is -1.28. The molecule has 1 radical (unpaired) electrons. The largest absolute Gasteiger partial charge is 0.340 e. The summed E-state index contributed by atoms with van der Waals surface area (Å²) in [5.74, 6) is 1.42. The van der Waals surface area contributed by atoms with Gasteiger partial charge in [0.2, 0.25) is 0 Å². The quantitative estimate of drug-likeness (QED) is 0.578. The van der Waals surface area contributed by atoms with E-state index in [0.29, 0.717) is 0 Å². The van der Waals surface area contributed by atoms with Gasteiger partial charge in [0.1, 0.15) is 0 Å². The molecule has 0 aliphatic heterocycles. The van der Waals surface area contributed by atoms with Crippen molar-refractivity contribution in [2.75, 3.05) is 0 Å². The van der Waals surface area contributed by atoms with Crippen molar-refractivity contribution in [2.45, 2.75) is 25.7 Å². The van der Waals surface area contributed by atoms with Crippen LogP contribution in [0.25, 0.3) is 21.8 Å². The Balaban J connectivity index is 2.38. The Bertz CT molecular complexity index is 725. The third-order valence-electron chi connectivity index (χ3n) is 3.47. The average molecular weight is 315 g/mol. The molecule has 0 aliphatic carbocycles. The first-order chi connectivity index (χ1) is 9.20. The van der Waals surface area contributed by atoms with Gasteiger partial charge in [-0.15, -0.1) is 0 Å². The second kappa shape index (κ2) is 5.01. The van der Waals surface area contributed by atoms with Crippen LogP contribution in [0.4, 0.5) is 0 Å². The van der Waals surface area contributed by atoms with E-state index < -0.39 is 0 Å². The fourth-order valence-corrected chi connectivity index (χ4v) is 3.01. The molecule has 2 aromatic carbocycles. The van der Waals surface area contributed by atoms with Crippen LogP contribution >= 0.6 is 15.9 Å². The van der Waals surface area contributed by atoms with Crippen molar-refractivity contribution < 1.29 is 0 Å². The van der Waals surface area contributed by atoms with E-state index in [2.05, 4.69) is 76.8 Å². The molecule has 1 nitrogen and oxygen atoms in total. The van der Waals surface area contributed by atoms with Crippen LogP contribution in [0.15, 0.2) is 42.5 Å².